The van der Waals surface area contributed by atoms with Gasteiger partial charge < -0.3 is 5.41 Å². The fourth-order valence-electron chi connectivity index (χ4n) is 0.958. The lowest BCUT2D eigenvalue weighted by molar-refractivity contribution is 1.19. The standard InChI is InChI=1S/C10H13N.CH3N/c1-4-8(2)10-5-6-11-9(3)7-10;1-2/h4-7H,1-3H3;2H,1H2/b8-4+;. The molecule has 0 aromatic carbocycles. The van der Waals surface area contributed by atoms with Crippen LogP contribution in [-0.2, 0) is 0 Å². The number of allylic oxidation sites excluding steroid dienone is 2. The van der Waals surface area contributed by atoms with Gasteiger partial charge in [0.2, 0.25) is 0 Å². The molecule has 0 aliphatic rings. The van der Waals surface area contributed by atoms with Crippen molar-refractivity contribution in [2.24, 2.45) is 0 Å². The van der Waals surface area contributed by atoms with E-state index < -0.39 is 0 Å². The Bertz CT molecular complexity index is 290. The van der Waals surface area contributed by atoms with Crippen LogP contribution in [0.5, 0.6) is 0 Å². The van der Waals surface area contributed by atoms with E-state index in [9.17, 15) is 0 Å². The molecule has 1 aromatic rings. The summed E-state index contributed by atoms with van der Waals surface area (Å²) in [4.78, 5) is 4.13. The second-order valence-electron chi connectivity index (χ2n) is 2.66. The van der Waals surface area contributed by atoms with Gasteiger partial charge in [-0.15, -0.1) is 0 Å². The molecule has 13 heavy (non-hydrogen) atoms. The smallest absolute Gasteiger partial charge is 0.0378 e. The summed E-state index contributed by atoms with van der Waals surface area (Å²) in [6.45, 7) is 8.66. The lowest BCUT2D eigenvalue weighted by Gasteiger charge is -1.99. The van der Waals surface area contributed by atoms with Gasteiger partial charge in [0.25, 0.3) is 0 Å². The van der Waals surface area contributed by atoms with Gasteiger partial charge in [0, 0.05) is 11.9 Å². The van der Waals surface area contributed by atoms with Gasteiger partial charge in [-0.1, -0.05) is 6.08 Å². The van der Waals surface area contributed by atoms with Crippen LogP contribution in [0.15, 0.2) is 24.4 Å². The number of pyridine rings is 1. The Balaban J connectivity index is 0.000000671. The maximum Gasteiger partial charge on any atom is 0.0378 e. The Hall–Kier alpha value is -1.44. The third kappa shape index (κ3) is 3.65. The highest BCUT2D eigenvalue weighted by atomic mass is 14.6. The summed E-state index contributed by atoms with van der Waals surface area (Å²) in [6, 6.07) is 4.12. The summed E-state index contributed by atoms with van der Waals surface area (Å²) in [7, 11) is 0. The van der Waals surface area contributed by atoms with E-state index in [-0.39, 0.29) is 0 Å². The normalized spacial score (nSPS) is 10.2. The lowest BCUT2D eigenvalue weighted by Crippen LogP contribution is -1.83. The Labute approximate surface area is 79.8 Å². The molecule has 0 unspecified atom stereocenters. The molecular formula is C11H16N2. The number of nitrogens with one attached hydrogen (secondary N) is 1. The Morgan fingerprint density at radius 1 is 1.54 bits per heavy atom. The molecule has 2 nitrogen and oxygen atoms in total. The number of aromatic nitrogens is 1. The first kappa shape index (κ1) is 11.6. The quantitative estimate of drug-likeness (QED) is 0.656. The molecule has 0 spiro atoms. The molecule has 0 saturated heterocycles. The van der Waals surface area contributed by atoms with Gasteiger partial charge >= 0.3 is 0 Å². The predicted octanol–water partition coefficient (Wildman–Crippen LogP) is 3.08. The molecule has 0 bridgehead atoms. The van der Waals surface area contributed by atoms with Crippen molar-refractivity contribution in [1.82, 2.24) is 4.98 Å². The summed E-state index contributed by atoms with van der Waals surface area (Å²) in [5.41, 5.74) is 3.64. The monoisotopic (exact) mass is 176 g/mol. The van der Waals surface area contributed by atoms with Crippen molar-refractivity contribution >= 4 is 12.3 Å². The zero-order valence-electron chi connectivity index (χ0n) is 8.46. The summed E-state index contributed by atoms with van der Waals surface area (Å²) < 4.78 is 0. The van der Waals surface area contributed by atoms with Crippen LogP contribution < -0.4 is 0 Å². The molecule has 0 radical (unpaired) electrons. The summed E-state index contributed by atoms with van der Waals surface area (Å²) >= 11 is 0. The van der Waals surface area contributed by atoms with Gasteiger partial charge in [-0.25, -0.2) is 0 Å². The van der Waals surface area contributed by atoms with Gasteiger partial charge in [-0.2, -0.15) is 0 Å². The zero-order valence-corrected chi connectivity index (χ0v) is 8.46. The molecule has 0 aliphatic carbocycles. The molecule has 1 heterocycles. The minimum Gasteiger partial charge on any atom is -0.317 e. The number of nitrogens with zero attached hydrogens (tertiary/aromatic N) is 1. The van der Waals surface area contributed by atoms with Crippen LogP contribution in [0.4, 0.5) is 0 Å². The molecule has 0 amide bonds. The fraction of sp³-hybridized carbons (Fsp3) is 0.273. The number of aryl methyl sites for hydroxylation is 1. The molecule has 0 atom stereocenters. The van der Waals surface area contributed by atoms with Crippen LogP contribution in [0.2, 0.25) is 0 Å². The maximum atomic E-state index is 5.50. The van der Waals surface area contributed by atoms with Crippen molar-refractivity contribution in [1.29, 1.82) is 5.41 Å². The van der Waals surface area contributed by atoms with E-state index in [4.69, 9.17) is 5.41 Å². The van der Waals surface area contributed by atoms with E-state index in [1.807, 2.05) is 26.1 Å². The van der Waals surface area contributed by atoms with Crippen LogP contribution in [-0.4, -0.2) is 11.7 Å². The first-order valence-corrected chi connectivity index (χ1v) is 4.15. The van der Waals surface area contributed by atoms with Crippen molar-refractivity contribution in [3.63, 3.8) is 0 Å². The molecule has 1 N–H and O–H groups in total. The maximum absolute atomic E-state index is 5.50. The van der Waals surface area contributed by atoms with Crippen molar-refractivity contribution in [2.75, 3.05) is 0 Å². The highest BCUT2D eigenvalue weighted by Gasteiger charge is 1.93. The van der Waals surface area contributed by atoms with E-state index in [1.165, 1.54) is 11.1 Å². The van der Waals surface area contributed by atoms with Crippen molar-refractivity contribution in [3.8, 4) is 0 Å². The topological polar surface area (TPSA) is 36.7 Å². The van der Waals surface area contributed by atoms with Crippen LogP contribution in [0, 0.1) is 12.3 Å². The first-order chi connectivity index (χ1) is 6.24. The van der Waals surface area contributed by atoms with Crippen LogP contribution in [0.1, 0.15) is 25.1 Å². The summed E-state index contributed by atoms with van der Waals surface area (Å²) in [5.74, 6) is 0. The third-order valence-corrected chi connectivity index (χ3v) is 1.79. The highest BCUT2D eigenvalue weighted by Crippen LogP contribution is 2.12. The number of hydrogen-bond acceptors (Lipinski definition) is 2. The first-order valence-electron chi connectivity index (χ1n) is 4.15. The van der Waals surface area contributed by atoms with E-state index in [1.54, 1.807) is 0 Å². The number of rotatable bonds is 1. The summed E-state index contributed by atoms with van der Waals surface area (Å²) in [6.07, 6.45) is 3.95. The summed E-state index contributed by atoms with van der Waals surface area (Å²) in [5, 5.41) is 5.50. The molecule has 0 aliphatic heterocycles. The van der Waals surface area contributed by atoms with Crippen LogP contribution in [0.3, 0.4) is 0 Å². The van der Waals surface area contributed by atoms with Gasteiger partial charge in [0.15, 0.2) is 0 Å². The van der Waals surface area contributed by atoms with Crippen molar-refractivity contribution in [3.05, 3.63) is 35.7 Å². The fourth-order valence-corrected chi connectivity index (χ4v) is 0.958. The molecule has 1 rings (SSSR count). The van der Waals surface area contributed by atoms with Crippen LogP contribution in [0.25, 0.3) is 5.57 Å². The molecule has 0 saturated carbocycles. The second kappa shape index (κ2) is 6.12. The Kier molecular flexibility index (Phi) is 5.44. The molecule has 2 heteroatoms. The van der Waals surface area contributed by atoms with Gasteiger partial charge in [0.05, 0.1) is 0 Å². The largest absolute Gasteiger partial charge is 0.317 e. The average Bonchev–Trinajstić information content (AvgIpc) is 2.20. The van der Waals surface area contributed by atoms with E-state index in [0.717, 1.165) is 5.69 Å². The predicted molar refractivity (Wildman–Crippen MR) is 58.1 cm³/mol. The Morgan fingerprint density at radius 3 is 2.62 bits per heavy atom. The molecule has 0 fully saturated rings. The van der Waals surface area contributed by atoms with Gasteiger partial charge in [-0.3, -0.25) is 4.98 Å². The second-order valence-corrected chi connectivity index (χ2v) is 2.66. The number of hydrogen-bond donors (Lipinski definition) is 1. The highest BCUT2D eigenvalue weighted by molar-refractivity contribution is 5.63. The zero-order chi connectivity index (χ0) is 10.3. The van der Waals surface area contributed by atoms with Crippen molar-refractivity contribution < 1.29 is 0 Å². The molecular weight excluding hydrogens is 160 g/mol. The third-order valence-electron chi connectivity index (χ3n) is 1.79. The van der Waals surface area contributed by atoms with E-state index >= 15 is 0 Å². The van der Waals surface area contributed by atoms with E-state index in [2.05, 4.69) is 30.8 Å². The van der Waals surface area contributed by atoms with Crippen molar-refractivity contribution in [2.45, 2.75) is 20.8 Å². The van der Waals surface area contributed by atoms with Crippen LogP contribution >= 0.6 is 0 Å². The SMILES string of the molecule is C/C=C(\C)c1ccnc(C)c1.C=N. The van der Waals surface area contributed by atoms with Gasteiger partial charge in [-0.05, 0) is 50.8 Å². The minimum atomic E-state index is 1.07. The minimum absolute atomic E-state index is 1.07. The van der Waals surface area contributed by atoms with Gasteiger partial charge in [0.1, 0.15) is 0 Å². The molecule has 1 aromatic heterocycles. The molecule has 70 valence electrons. The average molecular weight is 176 g/mol. The lowest BCUT2D eigenvalue weighted by atomic mass is 10.1. The Morgan fingerprint density at radius 2 is 2.15 bits per heavy atom. The van der Waals surface area contributed by atoms with E-state index in [0.29, 0.717) is 0 Å².